The van der Waals surface area contributed by atoms with E-state index in [4.69, 9.17) is 25.8 Å². The van der Waals surface area contributed by atoms with Crippen molar-refractivity contribution in [2.75, 3.05) is 33.5 Å². The normalized spacial score (nSPS) is 10.7. The molecule has 4 heteroatoms. The molecule has 0 amide bonds. The van der Waals surface area contributed by atoms with Gasteiger partial charge in [0.25, 0.3) is 0 Å². The molecule has 0 heterocycles. The van der Waals surface area contributed by atoms with E-state index in [0.717, 1.165) is 35.5 Å². The third-order valence-corrected chi connectivity index (χ3v) is 3.09. The molecule has 0 spiro atoms. The number of halogens is 1. The SMILES string of the molecule is COCCCOCCOc1c(C)cc(CCl)cc1C. The quantitative estimate of drug-likeness (QED) is 0.514. The van der Waals surface area contributed by atoms with Crippen molar-refractivity contribution >= 4 is 11.6 Å². The molecule has 0 saturated heterocycles. The van der Waals surface area contributed by atoms with E-state index in [0.29, 0.717) is 25.7 Å². The second kappa shape index (κ2) is 9.18. The predicted molar refractivity (Wildman–Crippen MR) is 78.3 cm³/mol. The zero-order chi connectivity index (χ0) is 14.1. The van der Waals surface area contributed by atoms with Gasteiger partial charge in [-0.2, -0.15) is 0 Å². The Morgan fingerprint density at radius 3 is 2.26 bits per heavy atom. The summed E-state index contributed by atoms with van der Waals surface area (Å²) in [5.41, 5.74) is 3.37. The number of methoxy groups -OCH3 is 1. The molecule has 0 aliphatic heterocycles. The molecule has 0 N–H and O–H groups in total. The van der Waals surface area contributed by atoms with E-state index in [-0.39, 0.29) is 0 Å². The van der Waals surface area contributed by atoms with Gasteiger partial charge in [0.05, 0.1) is 6.61 Å². The molecule has 1 aromatic rings. The van der Waals surface area contributed by atoms with Crippen molar-refractivity contribution in [1.82, 2.24) is 0 Å². The minimum atomic E-state index is 0.532. The van der Waals surface area contributed by atoms with Crippen LogP contribution in [0.1, 0.15) is 23.1 Å². The Bertz CT molecular complexity index is 357. The van der Waals surface area contributed by atoms with Gasteiger partial charge in [-0.15, -0.1) is 11.6 Å². The molecular weight excluding hydrogens is 264 g/mol. The second-order valence-electron chi connectivity index (χ2n) is 4.50. The first-order valence-electron chi connectivity index (χ1n) is 6.54. The molecule has 0 bridgehead atoms. The minimum absolute atomic E-state index is 0.532. The number of hydrogen-bond donors (Lipinski definition) is 0. The van der Waals surface area contributed by atoms with E-state index in [9.17, 15) is 0 Å². The number of ether oxygens (including phenoxy) is 3. The van der Waals surface area contributed by atoms with Gasteiger partial charge in [0.1, 0.15) is 12.4 Å². The van der Waals surface area contributed by atoms with E-state index in [1.807, 2.05) is 13.8 Å². The first-order chi connectivity index (χ1) is 9.19. The minimum Gasteiger partial charge on any atom is -0.491 e. The maximum atomic E-state index is 5.84. The standard InChI is InChI=1S/C15H23ClO3/c1-12-9-14(11-16)10-13(2)15(12)19-8-7-18-6-4-5-17-3/h9-10H,4-8,11H2,1-3H3. The lowest BCUT2D eigenvalue weighted by Gasteiger charge is -2.13. The van der Waals surface area contributed by atoms with Gasteiger partial charge in [-0.05, 0) is 37.0 Å². The molecule has 0 saturated carbocycles. The highest BCUT2D eigenvalue weighted by Gasteiger charge is 2.06. The van der Waals surface area contributed by atoms with Crippen LogP contribution >= 0.6 is 11.6 Å². The summed E-state index contributed by atoms with van der Waals surface area (Å²) in [6, 6.07) is 4.13. The zero-order valence-corrected chi connectivity index (χ0v) is 12.8. The lowest BCUT2D eigenvalue weighted by atomic mass is 10.1. The molecular formula is C15H23ClO3. The lowest BCUT2D eigenvalue weighted by molar-refractivity contribution is 0.0803. The molecule has 0 unspecified atom stereocenters. The smallest absolute Gasteiger partial charge is 0.125 e. The number of alkyl halides is 1. The molecule has 1 rings (SSSR count). The summed E-state index contributed by atoms with van der Waals surface area (Å²) >= 11 is 5.84. The summed E-state index contributed by atoms with van der Waals surface area (Å²) < 4.78 is 16.2. The molecule has 1 aromatic carbocycles. The maximum Gasteiger partial charge on any atom is 0.125 e. The Hall–Kier alpha value is -0.770. The third-order valence-electron chi connectivity index (χ3n) is 2.79. The van der Waals surface area contributed by atoms with Crippen LogP contribution < -0.4 is 4.74 Å². The highest BCUT2D eigenvalue weighted by Crippen LogP contribution is 2.25. The Morgan fingerprint density at radius 1 is 1.00 bits per heavy atom. The van der Waals surface area contributed by atoms with Crippen LogP contribution in [0.2, 0.25) is 0 Å². The van der Waals surface area contributed by atoms with Gasteiger partial charge in [0.2, 0.25) is 0 Å². The summed E-state index contributed by atoms with van der Waals surface area (Å²) in [5, 5.41) is 0. The van der Waals surface area contributed by atoms with Crippen LogP contribution in [0.5, 0.6) is 5.75 Å². The van der Waals surface area contributed by atoms with Gasteiger partial charge >= 0.3 is 0 Å². The monoisotopic (exact) mass is 286 g/mol. The Morgan fingerprint density at radius 2 is 1.68 bits per heavy atom. The van der Waals surface area contributed by atoms with Crippen molar-refractivity contribution in [2.24, 2.45) is 0 Å². The van der Waals surface area contributed by atoms with Crippen LogP contribution in [0.4, 0.5) is 0 Å². The summed E-state index contributed by atoms with van der Waals surface area (Å²) in [6.07, 6.45) is 0.916. The van der Waals surface area contributed by atoms with E-state index >= 15 is 0 Å². The van der Waals surface area contributed by atoms with E-state index < -0.39 is 0 Å². The average molecular weight is 287 g/mol. The van der Waals surface area contributed by atoms with E-state index in [2.05, 4.69) is 12.1 Å². The largest absolute Gasteiger partial charge is 0.491 e. The fourth-order valence-electron chi connectivity index (χ4n) is 1.95. The van der Waals surface area contributed by atoms with Crippen LogP contribution in [-0.4, -0.2) is 33.5 Å². The molecule has 0 aromatic heterocycles. The maximum absolute atomic E-state index is 5.84. The number of rotatable bonds is 9. The van der Waals surface area contributed by atoms with Crippen LogP contribution in [0, 0.1) is 13.8 Å². The molecule has 0 fully saturated rings. The molecule has 108 valence electrons. The highest BCUT2D eigenvalue weighted by molar-refractivity contribution is 6.17. The van der Waals surface area contributed by atoms with Crippen LogP contribution in [0.25, 0.3) is 0 Å². The molecule has 0 radical (unpaired) electrons. The first-order valence-corrected chi connectivity index (χ1v) is 7.08. The summed E-state index contributed by atoms with van der Waals surface area (Å²) in [7, 11) is 1.69. The molecule has 0 aliphatic rings. The fraction of sp³-hybridized carbons (Fsp3) is 0.600. The Balaban J connectivity index is 2.33. The van der Waals surface area contributed by atoms with E-state index in [1.165, 1.54) is 0 Å². The van der Waals surface area contributed by atoms with Crippen molar-refractivity contribution in [3.63, 3.8) is 0 Å². The van der Waals surface area contributed by atoms with Gasteiger partial charge in [0, 0.05) is 26.2 Å². The van der Waals surface area contributed by atoms with Crippen LogP contribution in [0.15, 0.2) is 12.1 Å². The molecule has 19 heavy (non-hydrogen) atoms. The Labute approximate surface area is 120 Å². The number of benzene rings is 1. The third kappa shape index (κ3) is 5.81. The predicted octanol–water partition coefficient (Wildman–Crippen LogP) is 3.47. The summed E-state index contributed by atoms with van der Waals surface area (Å²) in [6.45, 7) is 6.68. The van der Waals surface area contributed by atoms with Crippen LogP contribution in [0.3, 0.4) is 0 Å². The highest BCUT2D eigenvalue weighted by atomic mass is 35.5. The van der Waals surface area contributed by atoms with Crippen molar-refractivity contribution in [2.45, 2.75) is 26.1 Å². The Kier molecular flexibility index (Phi) is 7.87. The number of hydrogen-bond acceptors (Lipinski definition) is 3. The van der Waals surface area contributed by atoms with Gasteiger partial charge in [-0.1, -0.05) is 12.1 Å². The first kappa shape index (κ1) is 16.3. The lowest BCUT2D eigenvalue weighted by Crippen LogP contribution is -2.10. The molecule has 3 nitrogen and oxygen atoms in total. The van der Waals surface area contributed by atoms with Crippen LogP contribution in [-0.2, 0) is 15.4 Å². The summed E-state index contributed by atoms with van der Waals surface area (Å²) in [4.78, 5) is 0. The molecule has 0 atom stereocenters. The van der Waals surface area contributed by atoms with Crippen molar-refractivity contribution in [1.29, 1.82) is 0 Å². The topological polar surface area (TPSA) is 27.7 Å². The zero-order valence-electron chi connectivity index (χ0n) is 12.0. The second-order valence-corrected chi connectivity index (χ2v) is 4.77. The van der Waals surface area contributed by atoms with Gasteiger partial charge in [-0.3, -0.25) is 0 Å². The van der Waals surface area contributed by atoms with Gasteiger partial charge in [0.15, 0.2) is 0 Å². The van der Waals surface area contributed by atoms with Gasteiger partial charge in [-0.25, -0.2) is 0 Å². The number of aryl methyl sites for hydroxylation is 2. The fourth-order valence-corrected chi connectivity index (χ4v) is 2.11. The van der Waals surface area contributed by atoms with E-state index in [1.54, 1.807) is 7.11 Å². The molecule has 0 aliphatic carbocycles. The van der Waals surface area contributed by atoms with Crippen molar-refractivity contribution < 1.29 is 14.2 Å². The summed E-state index contributed by atoms with van der Waals surface area (Å²) in [5.74, 6) is 1.47. The average Bonchev–Trinajstić information content (AvgIpc) is 2.40. The van der Waals surface area contributed by atoms with Crippen molar-refractivity contribution in [3.8, 4) is 5.75 Å². The van der Waals surface area contributed by atoms with Gasteiger partial charge < -0.3 is 14.2 Å². The van der Waals surface area contributed by atoms with Crippen molar-refractivity contribution in [3.05, 3.63) is 28.8 Å².